The van der Waals surface area contributed by atoms with E-state index in [1.807, 2.05) is 0 Å². The van der Waals surface area contributed by atoms with E-state index >= 15 is 0 Å². The fourth-order valence-corrected chi connectivity index (χ4v) is 2.43. The van der Waals surface area contributed by atoms with E-state index in [4.69, 9.17) is 9.47 Å². The zero-order valence-electron chi connectivity index (χ0n) is 9.37. The number of ether oxygens (including phenoxy) is 2. The Balaban J connectivity index is 1.98. The molecule has 0 bridgehead atoms. The van der Waals surface area contributed by atoms with E-state index in [2.05, 4.69) is 6.08 Å². The fraction of sp³-hybridized carbons (Fsp3) is 0.833. The Morgan fingerprint density at radius 2 is 2.20 bits per heavy atom. The third kappa shape index (κ3) is 2.34. The summed E-state index contributed by atoms with van der Waals surface area (Å²) in [6.07, 6.45) is 7.84. The van der Waals surface area contributed by atoms with E-state index in [0.717, 1.165) is 50.9 Å². The predicted octanol–water partition coefficient (Wildman–Crippen LogP) is 2.00. The van der Waals surface area contributed by atoms with Crippen LogP contribution in [0.2, 0.25) is 0 Å². The van der Waals surface area contributed by atoms with Crippen LogP contribution in [-0.2, 0) is 9.47 Å². The van der Waals surface area contributed by atoms with Crippen molar-refractivity contribution >= 4 is 0 Å². The number of hydrogen-bond donors (Lipinski definition) is 1. The number of methoxy groups -OCH3 is 1. The highest BCUT2D eigenvalue weighted by atomic mass is 16.5. The highest BCUT2D eigenvalue weighted by Crippen LogP contribution is 2.37. The quantitative estimate of drug-likeness (QED) is 0.761. The molecule has 3 heteroatoms. The first-order chi connectivity index (χ1) is 7.24. The van der Waals surface area contributed by atoms with Gasteiger partial charge in [-0.2, -0.15) is 0 Å². The van der Waals surface area contributed by atoms with Crippen LogP contribution >= 0.6 is 0 Å². The van der Waals surface area contributed by atoms with Gasteiger partial charge in [0.15, 0.2) is 0 Å². The minimum Gasteiger partial charge on any atom is -0.495 e. The molecule has 1 aliphatic carbocycles. The van der Waals surface area contributed by atoms with E-state index in [-0.39, 0.29) is 0 Å². The normalized spacial score (nSPS) is 36.9. The van der Waals surface area contributed by atoms with Gasteiger partial charge >= 0.3 is 0 Å². The molecular formula is C12H20O3. The molecule has 3 nitrogen and oxygen atoms in total. The Hall–Kier alpha value is -0.540. The molecule has 1 N–H and O–H groups in total. The van der Waals surface area contributed by atoms with E-state index in [1.54, 1.807) is 7.11 Å². The van der Waals surface area contributed by atoms with Crippen molar-refractivity contribution in [1.29, 1.82) is 0 Å². The molecule has 15 heavy (non-hydrogen) atoms. The third-order valence-electron chi connectivity index (χ3n) is 3.49. The number of aliphatic hydroxyl groups is 1. The second kappa shape index (κ2) is 4.54. The smallest absolute Gasteiger partial charge is 0.124 e. The maximum Gasteiger partial charge on any atom is 0.124 e. The van der Waals surface area contributed by atoms with Gasteiger partial charge in [-0.25, -0.2) is 0 Å². The standard InChI is InChI=1S/C12H20O3/c1-14-10-5-7-12(13,8-6-10)11-4-2-3-9-15-11/h4,10,13H,2-3,5-9H2,1H3. The summed E-state index contributed by atoms with van der Waals surface area (Å²) in [4.78, 5) is 0. The summed E-state index contributed by atoms with van der Waals surface area (Å²) in [5.74, 6) is 0.809. The van der Waals surface area contributed by atoms with Crippen LogP contribution in [0.3, 0.4) is 0 Å². The molecule has 2 aliphatic rings. The molecule has 0 aromatic heterocycles. The van der Waals surface area contributed by atoms with Crippen LogP contribution in [0.4, 0.5) is 0 Å². The first kappa shape index (κ1) is 11.0. The SMILES string of the molecule is COC1CCC(O)(C2=CCCCO2)CC1. The molecule has 0 aromatic rings. The van der Waals surface area contributed by atoms with Gasteiger partial charge < -0.3 is 14.6 Å². The van der Waals surface area contributed by atoms with Crippen LogP contribution in [0.5, 0.6) is 0 Å². The molecule has 0 atom stereocenters. The summed E-state index contributed by atoms with van der Waals surface area (Å²) in [7, 11) is 1.74. The average molecular weight is 212 g/mol. The fourth-order valence-electron chi connectivity index (χ4n) is 2.43. The molecular weight excluding hydrogens is 192 g/mol. The van der Waals surface area contributed by atoms with Crippen molar-refractivity contribution in [2.75, 3.05) is 13.7 Å². The van der Waals surface area contributed by atoms with Gasteiger partial charge in [-0.15, -0.1) is 0 Å². The molecule has 1 heterocycles. The van der Waals surface area contributed by atoms with E-state index in [0.29, 0.717) is 6.10 Å². The summed E-state index contributed by atoms with van der Waals surface area (Å²) in [5.41, 5.74) is -0.713. The molecule has 0 saturated heterocycles. The molecule has 0 amide bonds. The minimum absolute atomic E-state index is 0.314. The Labute approximate surface area is 91.1 Å². The summed E-state index contributed by atoms with van der Waals surface area (Å²) in [6, 6.07) is 0. The lowest BCUT2D eigenvalue weighted by molar-refractivity contribution is -0.0556. The Bertz CT molecular complexity index is 239. The zero-order valence-corrected chi connectivity index (χ0v) is 9.37. The molecule has 0 radical (unpaired) electrons. The van der Waals surface area contributed by atoms with Crippen LogP contribution in [0.15, 0.2) is 11.8 Å². The van der Waals surface area contributed by atoms with Crippen molar-refractivity contribution in [3.63, 3.8) is 0 Å². The van der Waals surface area contributed by atoms with E-state index in [1.165, 1.54) is 0 Å². The van der Waals surface area contributed by atoms with Crippen molar-refractivity contribution < 1.29 is 14.6 Å². The van der Waals surface area contributed by atoms with Gasteiger partial charge in [0.1, 0.15) is 11.4 Å². The molecule has 1 aliphatic heterocycles. The Morgan fingerprint density at radius 1 is 1.47 bits per heavy atom. The lowest BCUT2D eigenvalue weighted by atomic mass is 9.81. The Morgan fingerprint density at radius 3 is 2.73 bits per heavy atom. The molecule has 2 rings (SSSR count). The Kier molecular flexibility index (Phi) is 3.32. The van der Waals surface area contributed by atoms with Crippen LogP contribution in [-0.4, -0.2) is 30.5 Å². The second-order valence-electron chi connectivity index (χ2n) is 4.53. The van der Waals surface area contributed by atoms with Crippen LogP contribution in [0.25, 0.3) is 0 Å². The summed E-state index contributed by atoms with van der Waals surface area (Å²) < 4.78 is 10.9. The molecule has 1 saturated carbocycles. The minimum atomic E-state index is -0.713. The average Bonchev–Trinajstić information content (AvgIpc) is 2.31. The van der Waals surface area contributed by atoms with E-state index < -0.39 is 5.60 Å². The van der Waals surface area contributed by atoms with Crippen molar-refractivity contribution in [2.24, 2.45) is 0 Å². The van der Waals surface area contributed by atoms with Gasteiger partial charge in [0.05, 0.1) is 12.7 Å². The van der Waals surface area contributed by atoms with Crippen LogP contribution in [0.1, 0.15) is 38.5 Å². The number of hydrogen-bond acceptors (Lipinski definition) is 3. The van der Waals surface area contributed by atoms with Gasteiger partial charge in [0.25, 0.3) is 0 Å². The lowest BCUT2D eigenvalue weighted by Crippen LogP contribution is -2.39. The van der Waals surface area contributed by atoms with Crippen LogP contribution < -0.4 is 0 Å². The predicted molar refractivity (Wildman–Crippen MR) is 57.5 cm³/mol. The van der Waals surface area contributed by atoms with E-state index in [9.17, 15) is 5.11 Å². The third-order valence-corrected chi connectivity index (χ3v) is 3.49. The summed E-state index contributed by atoms with van der Waals surface area (Å²) in [5, 5.41) is 10.5. The van der Waals surface area contributed by atoms with Crippen molar-refractivity contribution in [2.45, 2.75) is 50.2 Å². The first-order valence-electron chi connectivity index (χ1n) is 5.83. The van der Waals surface area contributed by atoms with Gasteiger partial charge in [-0.1, -0.05) is 0 Å². The van der Waals surface area contributed by atoms with Crippen molar-refractivity contribution in [3.05, 3.63) is 11.8 Å². The summed E-state index contributed by atoms with van der Waals surface area (Å²) in [6.45, 7) is 0.752. The van der Waals surface area contributed by atoms with Gasteiger partial charge in [-0.05, 0) is 44.6 Å². The van der Waals surface area contributed by atoms with Crippen molar-refractivity contribution in [1.82, 2.24) is 0 Å². The second-order valence-corrected chi connectivity index (χ2v) is 4.53. The highest BCUT2D eigenvalue weighted by Gasteiger charge is 2.38. The lowest BCUT2D eigenvalue weighted by Gasteiger charge is -2.37. The molecule has 0 aromatic carbocycles. The topological polar surface area (TPSA) is 38.7 Å². The molecule has 86 valence electrons. The van der Waals surface area contributed by atoms with Gasteiger partial charge in [-0.3, -0.25) is 0 Å². The van der Waals surface area contributed by atoms with Gasteiger partial charge in [0.2, 0.25) is 0 Å². The summed E-state index contributed by atoms with van der Waals surface area (Å²) >= 11 is 0. The number of allylic oxidation sites excluding steroid dienone is 1. The first-order valence-corrected chi connectivity index (χ1v) is 5.83. The monoisotopic (exact) mass is 212 g/mol. The van der Waals surface area contributed by atoms with Gasteiger partial charge in [0, 0.05) is 7.11 Å². The number of rotatable bonds is 2. The highest BCUT2D eigenvalue weighted by molar-refractivity contribution is 5.13. The largest absolute Gasteiger partial charge is 0.495 e. The maximum absolute atomic E-state index is 10.5. The molecule has 0 unspecified atom stereocenters. The molecule has 0 spiro atoms. The maximum atomic E-state index is 10.5. The zero-order chi connectivity index (χ0) is 10.7. The van der Waals surface area contributed by atoms with Crippen molar-refractivity contribution in [3.8, 4) is 0 Å². The molecule has 1 fully saturated rings. The van der Waals surface area contributed by atoms with Crippen LogP contribution in [0, 0.1) is 0 Å².